The minimum absolute atomic E-state index is 0. The summed E-state index contributed by atoms with van der Waals surface area (Å²) >= 11 is 1.24. The number of hydrogen-bond acceptors (Lipinski definition) is 3. The van der Waals surface area contributed by atoms with Gasteiger partial charge in [-0.2, -0.15) is 0 Å². The third-order valence-electron chi connectivity index (χ3n) is 0.988. The summed E-state index contributed by atoms with van der Waals surface area (Å²) in [5, 5.41) is 0. The molecule has 1 aromatic rings. The predicted octanol–water partition coefficient (Wildman–Crippen LogP) is -3.33. The fraction of sp³-hybridized carbons (Fsp3) is 0.200. The van der Waals surface area contributed by atoms with Crippen molar-refractivity contribution in [3.05, 3.63) is 33.1 Å². The maximum atomic E-state index is 10.8. The number of nitrogens with zero attached hydrogens (tertiary/aromatic N) is 1. The van der Waals surface area contributed by atoms with Gasteiger partial charge in [0.15, 0.2) is 0 Å². The molecule has 0 saturated carbocycles. The van der Waals surface area contributed by atoms with E-state index >= 15 is 0 Å². The molecular formula is C5H6N2NaO2S+. The summed E-state index contributed by atoms with van der Waals surface area (Å²) in [4.78, 5) is 23.4. The number of aromatic nitrogens is 2. The molecule has 1 aromatic heterocycles. The summed E-state index contributed by atoms with van der Waals surface area (Å²) in [6.45, 7) is 0. The van der Waals surface area contributed by atoms with E-state index in [9.17, 15) is 9.59 Å². The SMILES string of the molecule is CSn1ccc(=O)[nH]c1=O.[Na+]. The maximum absolute atomic E-state index is 10.8. The molecule has 0 aliphatic rings. The molecule has 0 spiro atoms. The Bertz CT molecular complexity index is 332. The van der Waals surface area contributed by atoms with Gasteiger partial charge in [-0.05, 0) is 11.9 Å². The third kappa shape index (κ3) is 2.86. The Labute approximate surface area is 89.4 Å². The van der Waals surface area contributed by atoms with Gasteiger partial charge in [0.05, 0.1) is 0 Å². The second-order valence-corrected chi connectivity index (χ2v) is 2.38. The Morgan fingerprint density at radius 3 is 2.64 bits per heavy atom. The molecule has 54 valence electrons. The smallest absolute Gasteiger partial charge is 0.273 e. The second-order valence-electron chi connectivity index (χ2n) is 1.62. The standard InChI is InChI=1S/C5H6N2O2S.Na/c1-10-7-3-2-4(8)6-5(7)9;/h2-3H,1H3,(H,6,8,9);/q;+1. The van der Waals surface area contributed by atoms with Crippen LogP contribution in [0.3, 0.4) is 0 Å². The Balaban J connectivity index is 0.000001000. The van der Waals surface area contributed by atoms with E-state index in [1.54, 1.807) is 6.26 Å². The predicted molar refractivity (Wildman–Crippen MR) is 40.2 cm³/mol. The van der Waals surface area contributed by atoms with Gasteiger partial charge in [0.1, 0.15) is 0 Å². The number of H-pyrrole nitrogens is 1. The fourth-order valence-corrected chi connectivity index (χ4v) is 0.943. The van der Waals surface area contributed by atoms with Gasteiger partial charge in [0.2, 0.25) is 0 Å². The summed E-state index contributed by atoms with van der Waals surface area (Å²) in [7, 11) is 0. The number of hydrogen-bond donors (Lipinski definition) is 1. The van der Waals surface area contributed by atoms with Crippen molar-refractivity contribution in [2.75, 3.05) is 6.26 Å². The van der Waals surface area contributed by atoms with Crippen molar-refractivity contribution >= 4 is 11.9 Å². The van der Waals surface area contributed by atoms with E-state index in [1.165, 1.54) is 28.2 Å². The molecule has 0 unspecified atom stereocenters. The Kier molecular flexibility index (Phi) is 4.83. The fourth-order valence-electron chi connectivity index (χ4n) is 0.549. The van der Waals surface area contributed by atoms with Crippen LogP contribution in [0.1, 0.15) is 0 Å². The quantitative estimate of drug-likeness (QED) is 0.461. The van der Waals surface area contributed by atoms with E-state index in [2.05, 4.69) is 4.98 Å². The zero-order valence-corrected chi connectivity index (χ0v) is 9.14. The molecule has 0 radical (unpaired) electrons. The van der Waals surface area contributed by atoms with E-state index in [0.717, 1.165) is 0 Å². The van der Waals surface area contributed by atoms with E-state index in [4.69, 9.17) is 0 Å². The van der Waals surface area contributed by atoms with E-state index in [-0.39, 0.29) is 40.8 Å². The molecule has 4 nitrogen and oxygen atoms in total. The van der Waals surface area contributed by atoms with Crippen LogP contribution < -0.4 is 40.8 Å². The molecular weight excluding hydrogens is 175 g/mol. The first-order valence-electron chi connectivity index (χ1n) is 2.60. The van der Waals surface area contributed by atoms with Gasteiger partial charge >= 0.3 is 35.2 Å². The molecule has 1 heterocycles. The molecule has 11 heavy (non-hydrogen) atoms. The van der Waals surface area contributed by atoms with Crippen LogP contribution in [-0.2, 0) is 0 Å². The first-order valence-corrected chi connectivity index (χ1v) is 3.78. The number of aromatic amines is 1. The second kappa shape index (κ2) is 4.82. The van der Waals surface area contributed by atoms with Gasteiger partial charge in [-0.1, -0.05) is 0 Å². The van der Waals surface area contributed by atoms with E-state index in [0.29, 0.717) is 0 Å². The van der Waals surface area contributed by atoms with Crippen LogP contribution >= 0.6 is 11.9 Å². The van der Waals surface area contributed by atoms with Gasteiger partial charge < -0.3 is 0 Å². The van der Waals surface area contributed by atoms with E-state index in [1.807, 2.05) is 0 Å². The van der Waals surface area contributed by atoms with E-state index < -0.39 is 0 Å². The van der Waals surface area contributed by atoms with Crippen molar-refractivity contribution < 1.29 is 29.6 Å². The van der Waals surface area contributed by atoms with Crippen LogP contribution in [0.4, 0.5) is 0 Å². The van der Waals surface area contributed by atoms with Crippen LogP contribution in [-0.4, -0.2) is 15.2 Å². The normalized spacial score (nSPS) is 8.82. The van der Waals surface area contributed by atoms with Crippen molar-refractivity contribution in [3.8, 4) is 0 Å². The zero-order valence-electron chi connectivity index (χ0n) is 6.33. The van der Waals surface area contributed by atoms with Gasteiger partial charge in [0, 0.05) is 18.5 Å². The van der Waals surface area contributed by atoms with Crippen molar-refractivity contribution in [3.63, 3.8) is 0 Å². The summed E-state index contributed by atoms with van der Waals surface area (Å²) in [5.41, 5.74) is -0.754. The Morgan fingerprint density at radius 2 is 2.18 bits per heavy atom. The molecule has 0 aromatic carbocycles. The molecule has 0 saturated heterocycles. The molecule has 1 N–H and O–H groups in total. The molecule has 0 atom stereocenters. The average molecular weight is 181 g/mol. The summed E-state index contributed by atoms with van der Waals surface area (Å²) in [6.07, 6.45) is 3.19. The number of nitrogens with one attached hydrogen (secondary N) is 1. The van der Waals surface area contributed by atoms with Crippen molar-refractivity contribution in [1.29, 1.82) is 0 Å². The summed E-state index contributed by atoms with van der Waals surface area (Å²) < 4.78 is 1.33. The largest absolute Gasteiger partial charge is 1.00 e. The van der Waals surface area contributed by atoms with Gasteiger partial charge in [-0.15, -0.1) is 0 Å². The Hall–Kier alpha value is 0.0300. The summed E-state index contributed by atoms with van der Waals surface area (Å²) in [5.74, 6) is 0. The summed E-state index contributed by atoms with van der Waals surface area (Å²) in [6, 6.07) is 1.30. The minimum atomic E-state index is -0.389. The van der Waals surface area contributed by atoms with Crippen molar-refractivity contribution in [1.82, 2.24) is 8.96 Å². The molecule has 0 aliphatic carbocycles. The zero-order chi connectivity index (χ0) is 7.56. The van der Waals surface area contributed by atoms with Gasteiger partial charge in [-0.25, -0.2) is 8.77 Å². The number of rotatable bonds is 1. The molecule has 6 heteroatoms. The first-order chi connectivity index (χ1) is 4.74. The van der Waals surface area contributed by atoms with Crippen LogP contribution in [0.25, 0.3) is 0 Å². The molecule has 0 amide bonds. The molecule has 0 fully saturated rings. The van der Waals surface area contributed by atoms with Crippen LogP contribution in [0.2, 0.25) is 0 Å². The first kappa shape index (κ1) is 11.0. The monoisotopic (exact) mass is 181 g/mol. The van der Waals surface area contributed by atoms with Crippen LogP contribution in [0, 0.1) is 0 Å². The van der Waals surface area contributed by atoms with Crippen molar-refractivity contribution in [2.45, 2.75) is 0 Å². The Morgan fingerprint density at radius 1 is 1.55 bits per heavy atom. The molecule has 0 bridgehead atoms. The van der Waals surface area contributed by atoms with Crippen LogP contribution in [0.15, 0.2) is 21.9 Å². The topological polar surface area (TPSA) is 54.9 Å². The maximum Gasteiger partial charge on any atom is 1.00 e. The van der Waals surface area contributed by atoms with Gasteiger partial charge in [-0.3, -0.25) is 9.78 Å². The van der Waals surface area contributed by atoms with Gasteiger partial charge in [0.25, 0.3) is 5.56 Å². The average Bonchev–Trinajstić information content (AvgIpc) is 1.88. The molecule has 0 aliphatic heterocycles. The third-order valence-corrected chi connectivity index (χ3v) is 1.67. The van der Waals surface area contributed by atoms with Crippen molar-refractivity contribution in [2.24, 2.45) is 0 Å². The van der Waals surface area contributed by atoms with Crippen LogP contribution in [0.5, 0.6) is 0 Å². The minimum Gasteiger partial charge on any atom is -0.273 e. The molecule has 1 rings (SSSR count).